The van der Waals surface area contributed by atoms with Gasteiger partial charge in [0.25, 0.3) is 5.69 Å². The molecule has 0 atom stereocenters. The maximum Gasteiger partial charge on any atom is 0.269 e. The summed E-state index contributed by atoms with van der Waals surface area (Å²) < 4.78 is 0. The molecule has 0 aliphatic carbocycles. The second-order valence-electron chi connectivity index (χ2n) is 5.19. The Hall–Kier alpha value is -2.72. The number of benzene rings is 2. The van der Waals surface area contributed by atoms with E-state index in [9.17, 15) is 15.4 Å². The number of nitro groups is 1. The number of nitriles is 1. The molecule has 5 nitrogen and oxygen atoms in total. The highest BCUT2D eigenvalue weighted by molar-refractivity contribution is 7.11. The zero-order valence-corrected chi connectivity index (χ0v) is 15.3. The Balaban J connectivity index is 1.91. The fraction of sp³-hybridized carbons (Fsp3) is 0. The van der Waals surface area contributed by atoms with Crippen LogP contribution < -0.4 is 0 Å². The molecule has 8 heteroatoms. The Morgan fingerprint density at radius 3 is 2.54 bits per heavy atom. The predicted molar refractivity (Wildman–Crippen MR) is 104 cm³/mol. The van der Waals surface area contributed by atoms with E-state index in [2.05, 4.69) is 11.1 Å². The van der Waals surface area contributed by atoms with Crippen LogP contribution in [0.25, 0.3) is 22.9 Å². The minimum absolute atomic E-state index is 0.00295. The lowest BCUT2D eigenvalue weighted by molar-refractivity contribution is -0.384. The standard InChI is InChI=1S/C18H9Cl2N3O2S/c19-15-6-3-12(8-16(15)20)17-10-26-18(22-17)13(9-21)7-11-1-4-14(5-2-11)23(24)25/h1-8,10H. The molecule has 0 amide bonds. The van der Waals surface area contributed by atoms with Crippen LogP contribution in [-0.4, -0.2) is 9.91 Å². The SMILES string of the molecule is N#CC(=Cc1ccc([N+](=O)[O-])cc1)c1nc(-c2ccc(Cl)c(Cl)c2)cs1. The van der Waals surface area contributed by atoms with Crippen molar-refractivity contribution in [3.8, 4) is 17.3 Å². The molecule has 0 radical (unpaired) electrons. The van der Waals surface area contributed by atoms with E-state index in [0.29, 0.717) is 31.9 Å². The highest BCUT2D eigenvalue weighted by Crippen LogP contribution is 2.31. The summed E-state index contributed by atoms with van der Waals surface area (Å²) in [5.41, 5.74) is 2.54. The normalized spacial score (nSPS) is 11.2. The van der Waals surface area contributed by atoms with Crippen molar-refractivity contribution in [2.75, 3.05) is 0 Å². The molecule has 26 heavy (non-hydrogen) atoms. The number of rotatable bonds is 4. The van der Waals surface area contributed by atoms with Gasteiger partial charge in [-0.15, -0.1) is 11.3 Å². The summed E-state index contributed by atoms with van der Waals surface area (Å²) in [7, 11) is 0. The van der Waals surface area contributed by atoms with Gasteiger partial charge >= 0.3 is 0 Å². The molecular weight excluding hydrogens is 393 g/mol. The number of nitrogens with zero attached hydrogens (tertiary/aromatic N) is 3. The molecule has 0 spiro atoms. The number of halogens is 2. The molecular formula is C18H9Cl2N3O2S. The van der Waals surface area contributed by atoms with E-state index in [-0.39, 0.29) is 5.69 Å². The molecule has 0 unspecified atom stereocenters. The van der Waals surface area contributed by atoms with Gasteiger partial charge < -0.3 is 0 Å². The van der Waals surface area contributed by atoms with Crippen LogP contribution in [0.15, 0.2) is 47.8 Å². The zero-order valence-electron chi connectivity index (χ0n) is 13.0. The number of nitro benzene ring substituents is 1. The Morgan fingerprint density at radius 1 is 1.19 bits per heavy atom. The molecule has 2 aromatic carbocycles. The van der Waals surface area contributed by atoms with Gasteiger partial charge in [0.15, 0.2) is 0 Å². The average Bonchev–Trinajstić information content (AvgIpc) is 3.12. The first-order chi connectivity index (χ1) is 12.5. The van der Waals surface area contributed by atoms with Crippen LogP contribution in [0.5, 0.6) is 0 Å². The maximum atomic E-state index is 10.7. The van der Waals surface area contributed by atoms with Gasteiger partial charge in [-0.3, -0.25) is 10.1 Å². The van der Waals surface area contributed by atoms with E-state index in [0.717, 1.165) is 5.56 Å². The molecule has 0 fully saturated rings. The van der Waals surface area contributed by atoms with E-state index in [1.54, 1.807) is 36.4 Å². The smallest absolute Gasteiger partial charge is 0.258 e. The quantitative estimate of drug-likeness (QED) is 0.301. The van der Waals surface area contributed by atoms with Crippen molar-refractivity contribution in [3.05, 3.63) is 78.6 Å². The average molecular weight is 402 g/mol. The fourth-order valence-electron chi connectivity index (χ4n) is 2.19. The summed E-state index contributed by atoms with van der Waals surface area (Å²) in [6.07, 6.45) is 1.64. The highest BCUT2D eigenvalue weighted by atomic mass is 35.5. The van der Waals surface area contributed by atoms with E-state index < -0.39 is 4.92 Å². The second kappa shape index (κ2) is 7.67. The third-order valence-corrected chi connectivity index (χ3v) is 5.10. The molecule has 1 heterocycles. The highest BCUT2D eigenvalue weighted by Gasteiger charge is 2.11. The lowest BCUT2D eigenvalue weighted by atomic mass is 10.1. The number of allylic oxidation sites excluding steroid dienone is 1. The summed E-state index contributed by atoms with van der Waals surface area (Å²) in [5, 5.41) is 23.4. The topological polar surface area (TPSA) is 79.8 Å². The van der Waals surface area contributed by atoms with Crippen molar-refractivity contribution in [2.45, 2.75) is 0 Å². The van der Waals surface area contributed by atoms with Gasteiger partial charge in [-0.2, -0.15) is 5.26 Å². The molecule has 0 N–H and O–H groups in total. The van der Waals surface area contributed by atoms with Crippen LogP contribution in [0.2, 0.25) is 10.0 Å². The first kappa shape index (κ1) is 18.1. The van der Waals surface area contributed by atoms with Gasteiger partial charge in [-0.1, -0.05) is 29.3 Å². The van der Waals surface area contributed by atoms with E-state index in [1.165, 1.54) is 23.5 Å². The predicted octanol–water partition coefficient (Wildman–Crippen LogP) is 6.09. The van der Waals surface area contributed by atoms with Crippen LogP contribution in [-0.2, 0) is 0 Å². The first-order valence-corrected chi connectivity index (χ1v) is 8.89. The van der Waals surface area contributed by atoms with Crippen LogP contribution in [0.3, 0.4) is 0 Å². The van der Waals surface area contributed by atoms with Crippen molar-refractivity contribution in [1.82, 2.24) is 4.98 Å². The molecule has 1 aromatic heterocycles. The summed E-state index contributed by atoms with van der Waals surface area (Å²) >= 11 is 13.3. The van der Waals surface area contributed by atoms with Gasteiger partial charge in [0.05, 0.1) is 26.2 Å². The first-order valence-electron chi connectivity index (χ1n) is 7.25. The summed E-state index contributed by atoms with van der Waals surface area (Å²) in [6.45, 7) is 0. The Morgan fingerprint density at radius 2 is 1.92 bits per heavy atom. The van der Waals surface area contributed by atoms with Gasteiger partial charge in [0, 0.05) is 23.1 Å². The Kier molecular flexibility index (Phi) is 5.33. The van der Waals surface area contributed by atoms with Crippen molar-refractivity contribution in [3.63, 3.8) is 0 Å². The number of non-ortho nitro benzene ring substituents is 1. The largest absolute Gasteiger partial charge is 0.269 e. The molecule has 0 bridgehead atoms. The van der Waals surface area contributed by atoms with Crippen LogP contribution in [0.4, 0.5) is 5.69 Å². The number of hydrogen-bond donors (Lipinski definition) is 0. The molecule has 0 aliphatic heterocycles. The third-order valence-electron chi connectivity index (χ3n) is 3.49. The van der Waals surface area contributed by atoms with Crippen LogP contribution in [0, 0.1) is 21.4 Å². The van der Waals surface area contributed by atoms with Crippen molar-refractivity contribution < 1.29 is 4.92 Å². The molecule has 3 aromatic rings. The van der Waals surface area contributed by atoms with Crippen LogP contribution >= 0.6 is 34.5 Å². The van der Waals surface area contributed by atoms with Crippen LogP contribution in [0.1, 0.15) is 10.6 Å². The van der Waals surface area contributed by atoms with E-state index in [4.69, 9.17) is 23.2 Å². The number of hydrogen-bond acceptors (Lipinski definition) is 5. The fourth-order valence-corrected chi connectivity index (χ4v) is 3.28. The van der Waals surface area contributed by atoms with Gasteiger partial charge in [-0.05, 0) is 35.9 Å². The lowest BCUT2D eigenvalue weighted by Crippen LogP contribution is -1.87. The van der Waals surface area contributed by atoms with Crippen molar-refractivity contribution in [1.29, 1.82) is 5.26 Å². The Bertz CT molecular complexity index is 1050. The molecule has 0 saturated carbocycles. The van der Waals surface area contributed by atoms with E-state index in [1.807, 2.05) is 5.38 Å². The molecule has 128 valence electrons. The minimum atomic E-state index is -0.469. The van der Waals surface area contributed by atoms with Gasteiger partial charge in [0.2, 0.25) is 0 Å². The number of aromatic nitrogens is 1. The maximum absolute atomic E-state index is 10.7. The summed E-state index contributed by atoms with van der Waals surface area (Å²) in [6, 6.07) is 13.3. The van der Waals surface area contributed by atoms with E-state index >= 15 is 0 Å². The van der Waals surface area contributed by atoms with Gasteiger partial charge in [-0.25, -0.2) is 4.98 Å². The van der Waals surface area contributed by atoms with Crippen molar-refractivity contribution >= 4 is 51.9 Å². The Labute approximate surface area is 162 Å². The molecule has 0 saturated heterocycles. The van der Waals surface area contributed by atoms with Gasteiger partial charge in [0.1, 0.15) is 11.1 Å². The second-order valence-corrected chi connectivity index (χ2v) is 6.86. The third kappa shape index (κ3) is 3.92. The zero-order chi connectivity index (χ0) is 18.7. The number of thiazole rings is 1. The molecule has 3 rings (SSSR count). The molecule has 0 aliphatic rings. The lowest BCUT2D eigenvalue weighted by Gasteiger charge is -1.99. The summed E-state index contributed by atoms with van der Waals surface area (Å²) in [5.74, 6) is 0. The monoisotopic (exact) mass is 401 g/mol. The minimum Gasteiger partial charge on any atom is -0.258 e. The van der Waals surface area contributed by atoms with Crippen molar-refractivity contribution in [2.24, 2.45) is 0 Å². The summed E-state index contributed by atoms with van der Waals surface area (Å²) in [4.78, 5) is 14.7.